The van der Waals surface area contributed by atoms with Gasteiger partial charge in [0, 0.05) is 37.9 Å². The minimum Gasteiger partial charge on any atom is -0.497 e. The molecule has 1 saturated heterocycles. The summed E-state index contributed by atoms with van der Waals surface area (Å²) in [5.41, 5.74) is 0.648. The first-order valence-corrected chi connectivity index (χ1v) is 6.28. The van der Waals surface area contributed by atoms with Crippen LogP contribution in [0.5, 0.6) is 5.75 Å². The van der Waals surface area contributed by atoms with Crippen molar-refractivity contribution in [1.82, 2.24) is 9.80 Å². The highest BCUT2D eigenvalue weighted by molar-refractivity contribution is 5.89. The van der Waals surface area contributed by atoms with Gasteiger partial charge in [-0.25, -0.2) is 9.59 Å². The van der Waals surface area contributed by atoms with Crippen LogP contribution in [0.4, 0.5) is 15.3 Å². The fourth-order valence-electron chi connectivity index (χ4n) is 2.00. The lowest BCUT2D eigenvalue weighted by Crippen LogP contribution is -2.51. The van der Waals surface area contributed by atoms with E-state index < -0.39 is 6.09 Å². The van der Waals surface area contributed by atoms with Gasteiger partial charge in [-0.05, 0) is 12.1 Å². The molecule has 0 saturated carbocycles. The molecule has 2 rings (SSSR count). The van der Waals surface area contributed by atoms with Crippen molar-refractivity contribution in [1.29, 1.82) is 0 Å². The Morgan fingerprint density at radius 3 is 2.45 bits per heavy atom. The van der Waals surface area contributed by atoms with E-state index in [0.717, 1.165) is 0 Å². The first-order valence-electron chi connectivity index (χ1n) is 6.28. The molecule has 1 aromatic carbocycles. The molecular formula is C13H17N3O4. The lowest BCUT2D eigenvalue weighted by Gasteiger charge is -2.33. The highest BCUT2D eigenvalue weighted by Crippen LogP contribution is 2.17. The number of ether oxygens (including phenoxy) is 1. The van der Waals surface area contributed by atoms with Crippen LogP contribution in [0.2, 0.25) is 0 Å². The highest BCUT2D eigenvalue weighted by Gasteiger charge is 2.23. The van der Waals surface area contributed by atoms with Crippen LogP contribution in [-0.2, 0) is 0 Å². The molecule has 1 aromatic rings. The summed E-state index contributed by atoms with van der Waals surface area (Å²) in [7, 11) is 1.56. The van der Waals surface area contributed by atoms with Crippen molar-refractivity contribution in [3.63, 3.8) is 0 Å². The highest BCUT2D eigenvalue weighted by atomic mass is 16.5. The summed E-state index contributed by atoms with van der Waals surface area (Å²) in [4.78, 5) is 25.7. The Balaban J connectivity index is 1.91. The maximum absolute atomic E-state index is 12.1. The first kappa shape index (κ1) is 14.0. The lowest BCUT2D eigenvalue weighted by molar-refractivity contribution is 0.115. The van der Waals surface area contributed by atoms with Crippen molar-refractivity contribution in [2.75, 3.05) is 38.6 Å². The number of methoxy groups -OCH3 is 1. The second-order valence-electron chi connectivity index (χ2n) is 4.42. The molecule has 1 fully saturated rings. The Kier molecular flexibility index (Phi) is 4.29. The van der Waals surface area contributed by atoms with E-state index in [1.54, 1.807) is 36.3 Å². The normalized spacial score (nSPS) is 14.8. The molecule has 7 nitrogen and oxygen atoms in total. The van der Waals surface area contributed by atoms with Crippen molar-refractivity contribution in [2.24, 2.45) is 0 Å². The van der Waals surface area contributed by atoms with Crippen LogP contribution in [0.25, 0.3) is 0 Å². The summed E-state index contributed by atoms with van der Waals surface area (Å²) in [6, 6.07) is 6.85. The van der Waals surface area contributed by atoms with Crippen LogP contribution in [0.15, 0.2) is 24.3 Å². The molecule has 0 aliphatic carbocycles. The van der Waals surface area contributed by atoms with Gasteiger partial charge in [0.15, 0.2) is 0 Å². The average molecular weight is 279 g/mol. The van der Waals surface area contributed by atoms with Gasteiger partial charge in [-0.2, -0.15) is 0 Å². The Hall–Kier alpha value is -2.44. The van der Waals surface area contributed by atoms with Crippen molar-refractivity contribution < 1.29 is 19.4 Å². The van der Waals surface area contributed by atoms with E-state index in [-0.39, 0.29) is 6.03 Å². The van der Waals surface area contributed by atoms with E-state index in [4.69, 9.17) is 9.84 Å². The number of anilines is 1. The summed E-state index contributed by atoms with van der Waals surface area (Å²) >= 11 is 0. The second-order valence-corrected chi connectivity index (χ2v) is 4.42. The molecule has 20 heavy (non-hydrogen) atoms. The molecule has 1 heterocycles. The SMILES string of the molecule is COc1cccc(NC(=O)N2CCN(C(=O)O)CC2)c1. The molecular weight excluding hydrogens is 262 g/mol. The monoisotopic (exact) mass is 279 g/mol. The molecule has 0 aromatic heterocycles. The van der Waals surface area contributed by atoms with Gasteiger partial charge in [0.05, 0.1) is 7.11 Å². The maximum atomic E-state index is 12.1. The van der Waals surface area contributed by atoms with Crippen LogP contribution < -0.4 is 10.1 Å². The summed E-state index contributed by atoms with van der Waals surface area (Å²) in [6.45, 7) is 1.45. The molecule has 0 bridgehead atoms. The Morgan fingerprint density at radius 1 is 1.20 bits per heavy atom. The molecule has 7 heteroatoms. The predicted octanol–water partition coefficient (Wildman–Crippen LogP) is 1.52. The van der Waals surface area contributed by atoms with E-state index >= 15 is 0 Å². The number of carboxylic acid groups (broad SMARTS) is 1. The zero-order valence-electron chi connectivity index (χ0n) is 11.2. The van der Waals surface area contributed by atoms with Crippen LogP contribution in [0.1, 0.15) is 0 Å². The molecule has 0 spiro atoms. The molecule has 2 N–H and O–H groups in total. The number of rotatable bonds is 2. The number of nitrogens with zero attached hydrogens (tertiary/aromatic N) is 2. The minimum atomic E-state index is -0.946. The zero-order valence-corrected chi connectivity index (χ0v) is 11.2. The number of benzene rings is 1. The van der Waals surface area contributed by atoms with Crippen LogP contribution in [0.3, 0.4) is 0 Å². The number of hydrogen-bond donors (Lipinski definition) is 2. The zero-order chi connectivity index (χ0) is 14.5. The van der Waals surface area contributed by atoms with Crippen molar-refractivity contribution in [3.8, 4) is 5.75 Å². The van der Waals surface area contributed by atoms with Crippen molar-refractivity contribution in [2.45, 2.75) is 0 Å². The summed E-state index contributed by atoms with van der Waals surface area (Å²) < 4.78 is 5.09. The number of piperazine rings is 1. The Bertz CT molecular complexity index is 498. The third-order valence-electron chi connectivity index (χ3n) is 3.16. The number of nitrogens with one attached hydrogen (secondary N) is 1. The maximum Gasteiger partial charge on any atom is 0.407 e. The van der Waals surface area contributed by atoms with E-state index in [0.29, 0.717) is 37.6 Å². The molecule has 3 amide bonds. The minimum absolute atomic E-state index is 0.233. The van der Waals surface area contributed by atoms with E-state index in [2.05, 4.69) is 5.32 Å². The fourth-order valence-corrected chi connectivity index (χ4v) is 2.00. The van der Waals surface area contributed by atoms with Crippen LogP contribution in [0, 0.1) is 0 Å². The van der Waals surface area contributed by atoms with Gasteiger partial charge >= 0.3 is 12.1 Å². The molecule has 1 aliphatic rings. The number of amides is 3. The van der Waals surface area contributed by atoms with Gasteiger partial charge in [-0.1, -0.05) is 6.07 Å². The van der Waals surface area contributed by atoms with Crippen molar-refractivity contribution in [3.05, 3.63) is 24.3 Å². The van der Waals surface area contributed by atoms with E-state index in [9.17, 15) is 9.59 Å². The molecule has 0 unspecified atom stereocenters. The molecule has 0 radical (unpaired) electrons. The number of hydrogen-bond acceptors (Lipinski definition) is 3. The van der Waals surface area contributed by atoms with Gasteiger partial charge in [-0.3, -0.25) is 0 Å². The van der Waals surface area contributed by atoms with Gasteiger partial charge in [0.2, 0.25) is 0 Å². The van der Waals surface area contributed by atoms with E-state index in [1.807, 2.05) is 0 Å². The van der Waals surface area contributed by atoms with E-state index in [1.165, 1.54) is 4.90 Å². The smallest absolute Gasteiger partial charge is 0.407 e. The largest absolute Gasteiger partial charge is 0.497 e. The van der Waals surface area contributed by atoms with Crippen LogP contribution in [-0.4, -0.2) is 60.3 Å². The quantitative estimate of drug-likeness (QED) is 0.860. The first-order chi connectivity index (χ1) is 9.60. The fraction of sp³-hybridized carbons (Fsp3) is 0.385. The summed E-state index contributed by atoms with van der Waals surface area (Å²) in [6.07, 6.45) is -0.946. The second kappa shape index (κ2) is 6.14. The molecule has 108 valence electrons. The number of carbonyl (C=O) groups is 2. The lowest BCUT2D eigenvalue weighted by atomic mass is 10.3. The Labute approximate surface area is 116 Å². The number of urea groups is 1. The van der Waals surface area contributed by atoms with Crippen LogP contribution >= 0.6 is 0 Å². The standard InChI is InChI=1S/C13H17N3O4/c1-20-11-4-2-3-10(9-11)14-12(17)15-5-7-16(8-6-15)13(18)19/h2-4,9H,5-8H2,1H3,(H,14,17)(H,18,19). The third-order valence-corrected chi connectivity index (χ3v) is 3.16. The third kappa shape index (κ3) is 3.31. The summed E-state index contributed by atoms with van der Waals surface area (Å²) in [5, 5.41) is 11.6. The summed E-state index contributed by atoms with van der Waals surface area (Å²) in [5.74, 6) is 0.665. The van der Waals surface area contributed by atoms with Crippen molar-refractivity contribution >= 4 is 17.8 Å². The number of carbonyl (C=O) groups excluding carboxylic acids is 1. The average Bonchev–Trinajstić information content (AvgIpc) is 2.47. The molecule has 0 atom stereocenters. The van der Waals surface area contributed by atoms with Gasteiger partial charge in [-0.15, -0.1) is 0 Å². The predicted molar refractivity (Wildman–Crippen MR) is 73.2 cm³/mol. The van der Waals surface area contributed by atoms with Gasteiger partial charge < -0.3 is 25.0 Å². The van der Waals surface area contributed by atoms with Gasteiger partial charge in [0.25, 0.3) is 0 Å². The molecule has 1 aliphatic heterocycles. The topological polar surface area (TPSA) is 82.1 Å². The Morgan fingerprint density at radius 2 is 1.85 bits per heavy atom. The van der Waals surface area contributed by atoms with Gasteiger partial charge in [0.1, 0.15) is 5.75 Å².